The molecule has 0 aromatic rings. The number of rotatable bonds is 24. The van der Waals surface area contributed by atoms with E-state index in [4.69, 9.17) is 14.2 Å². The molecule has 0 rings (SSSR count). The van der Waals surface area contributed by atoms with Gasteiger partial charge in [0.05, 0.1) is 26.4 Å². The number of ether oxygens (including phenoxy) is 3. The van der Waals surface area contributed by atoms with Gasteiger partial charge in [0.2, 0.25) is 0 Å². The van der Waals surface area contributed by atoms with E-state index >= 15 is 0 Å². The van der Waals surface area contributed by atoms with Crippen LogP contribution in [0.15, 0.2) is 0 Å². The monoisotopic (exact) mass is 386 g/mol. The third-order valence-corrected chi connectivity index (χ3v) is 5.09. The van der Waals surface area contributed by atoms with Gasteiger partial charge in [0, 0.05) is 13.2 Å². The number of hydrogen-bond donors (Lipinski definition) is 0. The van der Waals surface area contributed by atoms with Crippen molar-refractivity contribution in [1.29, 1.82) is 0 Å². The van der Waals surface area contributed by atoms with Gasteiger partial charge in [-0.2, -0.15) is 0 Å². The standard InChI is InChI=1S/C24H50O3/c1-3-5-6-7-8-9-10-11-12-13-14-15-16-17-18-19-20-26-23-24-27-22-21-25-4-2/h3-24H2,1-2H3. The first kappa shape index (κ1) is 26.9. The molecule has 0 atom stereocenters. The van der Waals surface area contributed by atoms with Crippen LogP contribution in [0, 0.1) is 0 Å². The molecular formula is C24H50O3. The predicted octanol–water partition coefficient (Wildman–Crippen LogP) is 7.32. The van der Waals surface area contributed by atoms with Gasteiger partial charge in [-0.3, -0.25) is 0 Å². The zero-order valence-corrected chi connectivity index (χ0v) is 18.8. The maximum Gasteiger partial charge on any atom is 0.0701 e. The second-order valence-corrected chi connectivity index (χ2v) is 7.72. The highest BCUT2D eigenvalue weighted by atomic mass is 16.5. The molecule has 3 heteroatoms. The third-order valence-electron chi connectivity index (χ3n) is 5.09. The van der Waals surface area contributed by atoms with E-state index in [1.165, 1.54) is 103 Å². The molecule has 0 radical (unpaired) electrons. The molecule has 0 fully saturated rings. The van der Waals surface area contributed by atoms with E-state index < -0.39 is 0 Å². The van der Waals surface area contributed by atoms with Gasteiger partial charge in [0.1, 0.15) is 0 Å². The second kappa shape index (κ2) is 25.9. The van der Waals surface area contributed by atoms with E-state index in [0.717, 1.165) is 13.2 Å². The van der Waals surface area contributed by atoms with E-state index in [2.05, 4.69) is 6.92 Å². The minimum Gasteiger partial charge on any atom is -0.379 e. The zero-order valence-electron chi connectivity index (χ0n) is 18.8. The average molecular weight is 387 g/mol. The smallest absolute Gasteiger partial charge is 0.0701 e. The van der Waals surface area contributed by atoms with Gasteiger partial charge in [-0.15, -0.1) is 0 Å². The Morgan fingerprint density at radius 1 is 0.333 bits per heavy atom. The summed E-state index contributed by atoms with van der Waals surface area (Å²) in [5, 5.41) is 0. The molecule has 0 aromatic carbocycles. The SMILES string of the molecule is CCCCCCCCCCCCCCCCCCOCCOCCOCC. The molecule has 3 nitrogen and oxygen atoms in total. The molecule has 0 bridgehead atoms. The van der Waals surface area contributed by atoms with Crippen molar-refractivity contribution in [3.8, 4) is 0 Å². The highest BCUT2D eigenvalue weighted by Gasteiger charge is 1.95. The predicted molar refractivity (Wildman–Crippen MR) is 118 cm³/mol. The minimum absolute atomic E-state index is 0.677. The van der Waals surface area contributed by atoms with Crippen LogP contribution in [-0.2, 0) is 14.2 Å². The Labute approximate surface area is 170 Å². The van der Waals surface area contributed by atoms with Crippen LogP contribution in [0.5, 0.6) is 0 Å². The van der Waals surface area contributed by atoms with Crippen LogP contribution in [0.2, 0.25) is 0 Å². The molecule has 0 heterocycles. The molecule has 0 aliphatic heterocycles. The van der Waals surface area contributed by atoms with Gasteiger partial charge >= 0.3 is 0 Å². The summed E-state index contributed by atoms with van der Waals surface area (Å²) in [6.45, 7) is 8.70. The lowest BCUT2D eigenvalue weighted by Gasteiger charge is -2.06. The van der Waals surface area contributed by atoms with Gasteiger partial charge < -0.3 is 14.2 Å². The van der Waals surface area contributed by atoms with Gasteiger partial charge in [-0.25, -0.2) is 0 Å². The minimum atomic E-state index is 0.677. The Balaban J connectivity index is 2.95. The molecule has 0 spiro atoms. The number of hydrogen-bond acceptors (Lipinski definition) is 3. The van der Waals surface area contributed by atoms with Crippen molar-refractivity contribution < 1.29 is 14.2 Å². The molecule has 0 amide bonds. The summed E-state index contributed by atoms with van der Waals surface area (Å²) in [6, 6.07) is 0. The van der Waals surface area contributed by atoms with E-state index in [-0.39, 0.29) is 0 Å². The fourth-order valence-corrected chi connectivity index (χ4v) is 3.34. The Hall–Kier alpha value is -0.120. The normalized spacial score (nSPS) is 11.3. The first-order chi connectivity index (χ1) is 13.4. The van der Waals surface area contributed by atoms with E-state index in [9.17, 15) is 0 Å². The van der Waals surface area contributed by atoms with Crippen LogP contribution >= 0.6 is 0 Å². The molecule has 27 heavy (non-hydrogen) atoms. The Morgan fingerprint density at radius 3 is 1.07 bits per heavy atom. The Bertz CT molecular complexity index is 222. The topological polar surface area (TPSA) is 27.7 Å². The van der Waals surface area contributed by atoms with E-state index in [1.54, 1.807) is 0 Å². The first-order valence-electron chi connectivity index (χ1n) is 12.1. The molecule has 0 saturated heterocycles. The van der Waals surface area contributed by atoms with Crippen molar-refractivity contribution in [3.05, 3.63) is 0 Å². The summed E-state index contributed by atoms with van der Waals surface area (Å²) in [5.74, 6) is 0. The van der Waals surface area contributed by atoms with Gasteiger partial charge in [-0.05, 0) is 13.3 Å². The van der Waals surface area contributed by atoms with Crippen molar-refractivity contribution in [1.82, 2.24) is 0 Å². The summed E-state index contributed by atoms with van der Waals surface area (Å²) in [4.78, 5) is 0. The van der Waals surface area contributed by atoms with Crippen molar-refractivity contribution in [2.24, 2.45) is 0 Å². The second-order valence-electron chi connectivity index (χ2n) is 7.72. The molecule has 0 aliphatic rings. The van der Waals surface area contributed by atoms with E-state index in [1.807, 2.05) is 6.92 Å². The molecule has 0 aromatic heterocycles. The lowest BCUT2D eigenvalue weighted by atomic mass is 10.0. The van der Waals surface area contributed by atoms with Crippen molar-refractivity contribution in [2.45, 2.75) is 117 Å². The molecular weight excluding hydrogens is 336 g/mol. The quantitative estimate of drug-likeness (QED) is 0.163. The summed E-state index contributed by atoms with van der Waals surface area (Å²) in [5.41, 5.74) is 0. The fourth-order valence-electron chi connectivity index (χ4n) is 3.34. The number of unbranched alkanes of at least 4 members (excludes halogenated alkanes) is 15. The maximum absolute atomic E-state index is 5.59. The summed E-state index contributed by atoms with van der Waals surface area (Å²) >= 11 is 0. The highest BCUT2D eigenvalue weighted by Crippen LogP contribution is 2.13. The van der Waals surface area contributed by atoms with Crippen LogP contribution in [-0.4, -0.2) is 39.6 Å². The molecule has 0 saturated carbocycles. The first-order valence-corrected chi connectivity index (χ1v) is 12.1. The summed E-state index contributed by atoms with van der Waals surface area (Å²) in [6.07, 6.45) is 22.6. The van der Waals surface area contributed by atoms with Crippen molar-refractivity contribution in [2.75, 3.05) is 39.6 Å². The van der Waals surface area contributed by atoms with Gasteiger partial charge in [-0.1, -0.05) is 103 Å². The van der Waals surface area contributed by atoms with E-state index in [0.29, 0.717) is 26.4 Å². The van der Waals surface area contributed by atoms with Crippen LogP contribution in [0.4, 0.5) is 0 Å². The van der Waals surface area contributed by atoms with Crippen molar-refractivity contribution >= 4 is 0 Å². The summed E-state index contributed by atoms with van der Waals surface area (Å²) in [7, 11) is 0. The third kappa shape index (κ3) is 25.9. The molecule has 0 unspecified atom stereocenters. The fraction of sp³-hybridized carbons (Fsp3) is 1.00. The largest absolute Gasteiger partial charge is 0.379 e. The van der Waals surface area contributed by atoms with Gasteiger partial charge in [0.25, 0.3) is 0 Å². The van der Waals surface area contributed by atoms with Crippen LogP contribution < -0.4 is 0 Å². The highest BCUT2D eigenvalue weighted by molar-refractivity contribution is 4.50. The zero-order chi connectivity index (χ0) is 19.7. The molecule has 0 N–H and O–H groups in total. The lowest BCUT2D eigenvalue weighted by molar-refractivity contribution is 0.0162. The van der Waals surface area contributed by atoms with Crippen LogP contribution in [0.1, 0.15) is 117 Å². The Morgan fingerprint density at radius 2 is 0.667 bits per heavy atom. The Kier molecular flexibility index (Phi) is 25.8. The lowest BCUT2D eigenvalue weighted by Crippen LogP contribution is -2.09. The average Bonchev–Trinajstić information content (AvgIpc) is 2.68. The van der Waals surface area contributed by atoms with Crippen molar-refractivity contribution in [3.63, 3.8) is 0 Å². The molecule has 164 valence electrons. The van der Waals surface area contributed by atoms with Crippen LogP contribution in [0.3, 0.4) is 0 Å². The summed E-state index contributed by atoms with van der Waals surface area (Å²) < 4.78 is 16.2. The maximum atomic E-state index is 5.59. The van der Waals surface area contributed by atoms with Gasteiger partial charge in [0.15, 0.2) is 0 Å². The van der Waals surface area contributed by atoms with Crippen LogP contribution in [0.25, 0.3) is 0 Å². The molecule has 0 aliphatic carbocycles.